The summed E-state index contributed by atoms with van der Waals surface area (Å²) in [4.78, 5) is 28.9. The molecule has 2 fully saturated rings. The zero-order valence-corrected chi connectivity index (χ0v) is 14.8. The molecule has 3 rings (SSSR count). The molecule has 6 heteroatoms. The van der Waals surface area contributed by atoms with Gasteiger partial charge in [0.15, 0.2) is 0 Å². The fourth-order valence-electron chi connectivity index (χ4n) is 3.81. The number of hydrogen-bond donors (Lipinski definition) is 0. The highest BCUT2D eigenvalue weighted by Gasteiger charge is 2.51. The summed E-state index contributed by atoms with van der Waals surface area (Å²) in [5.41, 5.74) is 0.100. The first-order valence-electron chi connectivity index (χ1n) is 8.43. The first kappa shape index (κ1) is 17.2. The third kappa shape index (κ3) is 2.69. The van der Waals surface area contributed by atoms with Crippen LogP contribution in [0.3, 0.4) is 0 Å². The topological polar surface area (TPSA) is 40.6 Å². The van der Waals surface area contributed by atoms with Crippen LogP contribution >= 0.6 is 11.6 Å². The molecule has 0 N–H and O–H groups in total. The normalized spacial score (nSPS) is 23.6. The number of carbonyl (C=O) groups is 2. The summed E-state index contributed by atoms with van der Waals surface area (Å²) in [5.74, 6) is -0.891. The van der Waals surface area contributed by atoms with E-state index in [2.05, 4.69) is 0 Å². The average Bonchev–Trinajstić information content (AvgIpc) is 3.12. The van der Waals surface area contributed by atoms with E-state index in [1.165, 1.54) is 6.07 Å². The summed E-state index contributed by atoms with van der Waals surface area (Å²) in [6.45, 7) is 6.11. The minimum absolute atomic E-state index is 0.0791. The highest BCUT2D eigenvalue weighted by molar-refractivity contribution is 6.34. The molecule has 1 aromatic carbocycles. The zero-order chi connectivity index (χ0) is 17.5. The maximum Gasteiger partial charge on any atom is 0.258 e. The number of rotatable bonds is 3. The van der Waals surface area contributed by atoms with Crippen LogP contribution in [0.25, 0.3) is 0 Å². The van der Waals surface area contributed by atoms with Crippen molar-refractivity contribution in [1.29, 1.82) is 0 Å². The first-order valence-corrected chi connectivity index (χ1v) is 8.80. The fraction of sp³-hybridized carbons (Fsp3) is 0.556. The quantitative estimate of drug-likeness (QED) is 0.837. The van der Waals surface area contributed by atoms with Crippen molar-refractivity contribution in [1.82, 2.24) is 9.80 Å². The molecule has 4 nitrogen and oxygen atoms in total. The molecular weight excluding hydrogens is 331 g/mol. The van der Waals surface area contributed by atoms with Crippen LogP contribution in [-0.2, 0) is 4.79 Å². The highest BCUT2D eigenvalue weighted by Crippen LogP contribution is 2.41. The molecule has 2 amide bonds. The van der Waals surface area contributed by atoms with Crippen molar-refractivity contribution in [3.63, 3.8) is 0 Å². The third-order valence-electron chi connectivity index (χ3n) is 5.23. The molecule has 1 spiro atoms. The molecular formula is C18H22ClFN2O2. The van der Waals surface area contributed by atoms with E-state index < -0.39 is 17.1 Å². The predicted molar refractivity (Wildman–Crippen MR) is 90.6 cm³/mol. The molecule has 2 saturated heterocycles. The van der Waals surface area contributed by atoms with Gasteiger partial charge in [0.25, 0.3) is 5.91 Å². The standard InChI is InChI=1S/C18H22ClFN2O2/c1-3-8-21-9-6-18(17(21)24)7-10-22(11-18)16(23)14-13(20)5-4-12(2)15(14)19/h4-5H,3,6-11H2,1-2H3. The Hall–Kier alpha value is -1.62. The van der Waals surface area contributed by atoms with Gasteiger partial charge >= 0.3 is 0 Å². The molecule has 2 aliphatic heterocycles. The lowest BCUT2D eigenvalue weighted by atomic mass is 9.85. The SMILES string of the molecule is CCCN1CCC2(CCN(C(=O)c3c(F)ccc(C)c3Cl)C2)C1=O. The number of carbonyl (C=O) groups excluding carboxylic acids is 2. The van der Waals surface area contributed by atoms with Crippen molar-refractivity contribution in [2.45, 2.75) is 33.1 Å². The summed E-state index contributed by atoms with van der Waals surface area (Å²) in [7, 11) is 0. The van der Waals surface area contributed by atoms with E-state index in [-0.39, 0.29) is 16.5 Å². The van der Waals surface area contributed by atoms with Crippen LogP contribution in [-0.4, -0.2) is 47.8 Å². The maximum absolute atomic E-state index is 14.1. The Bertz CT molecular complexity index is 694. The molecule has 2 aliphatic rings. The maximum atomic E-state index is 14.1. The lowest BCUT2D eigenvalue weighted by molar-refractivity contribution is -0.135. The van der Waals surface area contributed by atoms with E-state index >= 15 is 0 Å². The van der Waals surface area contributed by atoms with E-state index in [9.17, 15) is 14.0 Å². The van der Waals surface area contributed by atoms with Gasteiger partial charge in [-0.15, -0.1) is 0 Å². The van der Waals surface area contributed by atoms with Crippen LogP contribution in [0.15, 0.2) is 12.1 Å². The molecule has 0 saturated carbocycles. The van der Waals surface area contributed by atoms with E-state index in [4.69, 9.17) is 11.6 Å². The molecule has 2 heterocycles. The number of likely N-dealkylation sites (tertiary alicyclic amines) is 2. The number of aryl methyl sites for hydroxylation is 1. The van der Waals surface area contributed by atoms with Gasteiger partial charge in [-0.1, -0.05) is 24.6 Å². The van der Waals surface area contributed by atoms with Crippen LogP contribution in [0.5, 0.6) is 0 Å². The van der Waals surface area contributed by atoms with Crippen molar-refractivity contribution in [2.24, 2.45) is 5.41 Å². The molecule has 130 valence electrons. The second-order valence-electron chi connectivity index (χ2n) is 6.85. The molecule has 24 heavy (non-hydrogen) atoms. The van der Waals surface area contributed by atoms with Gasteiger partial charge in [-0.25, -0.2) is 4.39 Å². The highest BCUT2D eigenvalue weighted by atomic mass is 35.5. The number of amides is 2. The molecule has 1 unspecified atom stereocenters. The Morgan fingerprint density at radius 2 is 2.04 bits per heavy atom. The zero-order valence-electron chi connectivity index (χ0n) is 14.1. The first-order chi connectivity index (χ1) is 11.4. The van der Waals surface area contributed by atoms with Gasteiger partial charge in [-0.3, -0.25) is 9.59 Å². The van der Waals surface area contributed by atoms with E-state index in [0.29, 0.717) is 25.1 Å². The molecule has 0 aromatic heterocycles. The van der Waals surface area contributed by atoms with Gasteiger partial charge in [0.1, 0.15) is 5.82 Å². The minimum Gasteiger partial charge on any atom is -0.342 e. The molecule has 1 atom stereocenters. The molecule has 0 radical (unpaired) electrons. The number of hydrogen-bond acceptors (Lipinski definition) is 2. The van der Waals surface area contributed by atoms with Gasteiger partial charge in [-0.05, 0) is 37.8 Å². The van der Waals surface area contributed by atoms with Gasteiger partial charge in [-0.2, -0.15) is 0 Å². The van der Waals surface area contributed by atoms with E-state index in [1.54, 1.807) is 17.9 Å². The summed E-state index contributed by atoms with van der Waals surface area (Å²) >= 11 is 6.15. The molecule has 0 bridgehead atoms. The van der Waals surface area contributed by atoms with Crippen molar-refractivity contribution < 1.29 is 14.0 Å². The number of halogens is 2. The third-order valence-corrected chi connectivity index (χ3v) is 5.72. The van der Waals surface area contributed by atoms with Crippen LogP contribution in [0.2, 0.25) is 5.02 Å². The van der Waals surface area contributed by atoms with Gasteiger partial charge in [0.2, 0.25) is 5.91 Å². The Morgan fingerprint density at radius 3 is 2.75 bits per heavy atom. The lowest BCUT2D eigenvalue weighted by Crippen LogP contribution is -2.38. The van der Waals surface area contributed by atoms with Crippen molar-refractivity contribution in [2.75, 3.05) is 26.2 Å². The second kappa shape index (κ2) is 6.36. The van der Waals surface area contributed by atoms with Crippen molar-refractivity contribution >= 4 is 23.4 Å². The van der Waals surface area contributed by atoms with Gasteiger partial charge in [0, 0.05) is 26.2 Å². The summed E-state index contributed by atoms with van der Waals surface area (Å²) in [6.07, 6.45) is 2.33. The Kier molecular flexibility index (Phi) is 4.56. The van der Waals surface area contributed by atoms with Crippen LogP contribution in [0, 0.1) is 18.2 Å². The monoisotopic (exact) mass is 352 g/mol. The number of benzene rings is 1. The predicted octanol–water partition coefficient (Wildman–Crippen LogP) is 3.26. The summed E-state index contributed by atoms with van der Waals surface area (Å²) in [5, 5.41) is 0.159. The second-order valence-corrected chi connectivity index (χ2v) is 7.23. The Morgan fingerprint density at radius 1 is 1.33 bits per heavy atom. The van der Waals surface area contributed by atoms with E-state index in [0.717, 1.165) is 25.9 Å². The summed E-state index contributed by atoms with van der Waals surface area (Å²) in [6, 6.07) is 2.83. The Labute approximate surface area is 146 Å². The van der Waals surface area contributed by atoms with Crippen LogP contribution < -0.4 is 0 Å². The number of nitrogens with zero attached hydrogens (tertiary/aromatic N) is 2. The van der Waals surface area contributed by atoms with Crippen LogP contribution in [0.1, 0.15) is 42.1 Å². The lowest BCUT2D eigenvalue weighted by Gasteiger charge is -2.24. The average molecular weight is 353 g/mol. The fourth-order valence-corrected chi connectivity index (χ4v) is 4.05. The van der Waals surface area contributed by atoms with E-state index in [1.807, 2.05) is 11.8 Å². The van der Waals surface area contributed by atoms with Gasteiger partial charge in [0.05, 0.1) is 16.0 Å². The van der Waals surface area contributed by atoms with Crippen molar-refractivity contribution in [3.05, 3.63) is 34.1 Å². The van der Waals surface area contributed by atoms with Crippen LogP contribution in [0.4, 0.5) is 4.39 Å². The largest absolute Gasteiger partial charge is 0.342 e. The Balaban J connectivity index is 1.81. The molecule has 0 aliphatic carbocycles. The smallest absolute Gasteiger partial charge is 0.258 e. The summed E-state index contributed by atoms with van der Waals surface area (Å²) < 4.78 is 14.1. The molecule has 1 aromatic rings. The minimum atomic E-state index is -0.609. The van der Waals surface area contributed by atoms with Gasteiger partial charge < -0.3 is 9.80 Å². The van der Waals surface area contributed by atoms with Crippen molar-refractivity contribution in [3.8, 4) is 0 Å².